The number of aromatic nitrogens is 3. The summed E-state index contributed by atoms with van der Waals surface area (Å²) in [6.45, 7) is 8.62. The molecule has 0 bridgehead atoms. The molecule has 14 nitrogen and oxygen atoms in total. The molecule has 3 aromatic rings. The molecule has 1 aliphatic heterocycles. The Morgan fingerprint density at radius 1 is 1.26 bits per heavy atom. The van der Waals surface area contributed by atoms with Crippen LogP contribution in [0, 0.1) is 5.92 Å². The molecule has 1 saturated heterocycles. The molecule has 0 aliphatic carbocycles. The molecule has 0 unspecified atom stereocenters. The third-order valence-corrected chi connectivity index (χ3v) is 9.15. The van der Waals surface area contributed by atoms with E-state index in [0.717, 1.165) is 12.8 Å². The van der Waals surface area contributed by atoms with Gasteiger partial charge in [0.15, 0.2) is 11.4 Å². The van der Waals surface area contributed by atoms with Gasteiger partial charge in [-0.1, -0.05) is 44.9 Å². The number of anilines is 1. The van der Waals surface area contributed by atoms with Gasteiger partial charge in [-0.25, -0.2) is 14.1 Å². The van der Waals surface area contributed by atoms with Crippen LogP contribution in [0.2, 0.25) is 0 Å². The fourth-order valence-electron chi connectivity index (χ4n) is 4.91. The van der Waals surface area contributed by atoms with E-state index in [1.165, 1.54) is 17.8 Å². The van der Waals surface area contributed by atoms with Gasteiger partial charge in [0.05, 0.1) is 25.5 Å². The first-order valence-corrected chi connectivity index (χ1v) is 15.6. The highest BCUT2D eigenvalue weighted by molar-refractivity contribution is 7.52. The smallest absolute Gasteiger partial charge is 0.459 e. The molecule has 0 radical (unpaired) electrons. The second-order valence-corrected chi connectivity index (χ2v) is 12.1. The molecule has 234 valence electrons. The summed E-state index contributed by atoms with van der Waals surface area (Å²) in [5, 5.41) is 29.2. The lowest BCUT2D eigenvalue weighted by Crippen LogP contribution is -2.44. The number of esters is 1. The first-order valence-electron chi connectivity index (χ1n) is 14.1. The average Bonchev–Trinajstić information content (AvgIpc) is 3.54. The van der Waals surface area contributed by atoms with E-state index in [4.69, 9.17) is 24.3 Å². The number of nitrogen functional groups attached to an aromatic ring is 1. The van der Waals surface area contributed by atoms with Crippen molar-refractivity contribution in [3.05, 3.63) is 54.5 Å². The Bertz CT molecular complexity index is 1440. The number of nitrogens with zero attached hydrogens (tertiary/aromatic N) is 4. The van der Waals surface area contributed by atoms with Crippen molar-refractivity contribution in [2.45, 2.75) is 63.6 Å². The number of carbonyl (C=O) groups excluding carboxylic acids is 1. The molecule has 1 aromatic carbocycles. The van der Waals surface area contributed by atoms with Crippen LogP contribution in [-0.4, -0.2) is 81.6 Å². The lowest BCUT2D eigenvalue weighted by Gasteiger charge is -2.30. The van der Waals surface area contributed by atoms with Crippen molar-refractivity contribution in [1.82, 2.24) is 19.7 Å². The predicted octanol–water partition coefficient (Wildman–Crippen LogP) is 2.49. The molecular formula is C28H39N6O8P. The van der Waals surface area contributed by atoms with Crippen LogP contribution < -0.4 is 15.3 Å². The van der Waals surface area contributed by atoms with E-state index in [2.05, 4.69) is 26.9 Å². The van der Waals surface area contributed by atoms with Gasteiger partial charge in [-0.05, 0) is 43.8 Å². The van der Waals surface area contributed by atoms with Crippen molar-refractivity contribution in [1.29, 1.82) is 0 Å². The third kappa shape index (κ3) is 7.06. The Balaban J connectivity index is 1.55. The van der Waals surface area contributed by atoms with Gasteiger partial charge < -0.3 is 29.9 Å². The van der Waals surface area contributed by atoms with Gasteiger partial charge in [0.25, 0.3) is 0 Å². The van der Waals surface area contributed by atoms with Crippen molar-refractivity contribution >= 4 is 31.8 Å². The number of para-hydroxylation sites is 1. The molecule has 0 amide bonds. The zero-order chi connectivity index (χ0) is 31.2. The highest BCUT2D eigenvalue weighted by Gasteiger charge is 2.57. The molecule has 3 heterocycles. The Morgan fingerprint density at radius 2 is 1.98 bits per heavy atom. The molecule has 6 atom stereocenters. The molecule has 15 heteroatoms. The summed E-state index contributed by atoms with van der Waals surface area (Å²) in [4.78, 5) is 20.6. The van der Waals surface area contributed by atoms with Gasteiger partial charge in [0, 0.05) is 0 Å². The molecule has 1 aliphatic rings. The molecule has 43 heavy (non-hydrogen) atoms. The van der Waals surface area contributed by atoms with Crippen LogP contribution in [0.5, 0.6) is 5.75 Å². The Kier molecular flexibility index (Phi) is 10.5. The standard InChI is InChI=1S/C28H39N6O8P/c1-5-19(6-2)14-39-27(37)18(3)33-43(38,42-20-10-8-7-9-11-20)40-15-22-24(35)25(36)28(41-22,16-30-4)23-13-12-21-26(29)31-17-32-34(21)23/h7-13,17-19,22,24-25,35-36H,4-6,14-16H2,1-3H3,(H,33,38)(H2,29,31,32)/t18-,22+,24+,25+,28-,43+/m0/s1. The number of rotatable bonds is 15. The topological polar surface area (TPSA) is 192 Å². The second-order valence-electron chi connectivity index (χ2n) is 10.4. The minimum Gasteiger partial charge on any atom is -0.464 e. The third-order valence-electron chi connectivity index (χ3n) is 7.50. The van der Waals surface area contributed by atoms with Crippen LogP contribution in [0.25, 0.3) is 5.52 Å². The van der Waals surface area contributed by atoms with Gasteiger partial charge in [-0.3, -0.25) is 14.3 Å². The number of nitrogens with one attached hydrogen (secondary N) is 1. The predicted molar refractivity (Wildman–Crippen MR) is 159 cm³/mol. The summed E-state index contributed by atoms with van der Waals surface area (Å²) in [5.74, 6) is -0.00459. The SMILES string of the molecule is C=NC[C@@]1(c2ccc3c(N)ncnn23)O[C@H](CO[P@](=O)(N[C@@H](C)C(=O)OCC(CC)CC)Oc2ccccc2)[C@@H](O)[C@H]1O. The largest absolute Gasteiger partial charge is 0.464 e. The number of hydrogen-bond acceptors (Lipinski definition) is 12. The van der Waals surface area contributed by atoms with E-state index >= 15 is 0 Å². The van der Waals surface area contributed by atoms with E-state index in [1.807, 2.05) is 13.8 Å². The second kappa shape index (κ2) is 13.9. The number of aliphatic imine (C=N–C) groups is 1. The average molecular weight is 619 g/mol. The number of aliphatic hydroxyl groups excluding tert-OH is 2. The zero-order valence-electron chi connectivity index (χ0n) is 24.4. The van der Waals surface area contributed by atoms with Crippen LogP contribution >= 0.6 is 7.75 Å². The van der Waals surface area contributed by atoms with Crippen LogP contribution in [0.4, 0.5) is 5.82 Å². The minimum absolute atomic E-state index is 0.159. The number of aliphatic hydroxyl groups is 2. The first kappa shape index (κ1) is 32.5. The number of ether oxygens (including phenoxy) is 2. The minimum atomic E-state index is -4.28. The maximum absolute atomic E-state index is 14.0. The fraction of sp³-hybridized carbons (Fsp3) is 0.500. The highest BCUT2D eigenvalue weighted by atomic mass is 31.2. The first-order chi connectivity index (χ1) is 20.6. The number of nitrogens with two attached hydrogens (primary N) is 1. The molecule has 0 spiro atoms. The lowest BCUT2D eigenvalue weighted by atomic mass is 9.91. The number of fused-ring (bicyclic) bond motifs is 1. The van der Waals surface area contributed by atoms with E-state index in [9.17, 15) is 19.6 Å². The van der Waals surface area contributed by atoms with E-state index in [0.29, 0.717) is 11.2 Å². The molecule has 4 rings (SSSR count). The van der Waals surface area contributed by atoms with Crippen LogP contribution in [0.1, 0.15) is 39.3 Å². The fourth-order valence-corrected chi connectivity index (χ4v) is 6.41. The zero-order valence-corrected chi connectivity index (χ0v) is 25.3. The maximum atomic E-state index is 14.0. The number of carbonyl (C=O) groups is 1. The summed E-state index contributed by atoms with van der Waals surface area (Å²) >= 11 is 0. The van der Waals surface area contributed by atoms with Crippen molar-refractivity contribution in [2.24, 2.45) is 10.9 Å². The molecule has 2 aromatic heterocycles. The Hall–Kier alpha value is -3.39. The monoisotopic (exact) mass is 618 g/mol. The maximum Gasteiger partial charge on any atom is 0.459 e. The van der Waals surface area contributed by atoms with E-state index in [1.54, 1.807) is 42.5 Å². The summed E-state index contributed by atoms with van der Waals surface area (Å²) in [6.07, 6.45) is -1.27. The molecular weight excluding hydrogens is 579 g/mol. The van der Waals surface area contributed by atoms with Crippen LogP contribution in [0.15, 0.2) is 53.8 Å². The van der Waals surface area contributed by atoms with Crippen LogP contribution in [-0.2, 0) is 29.0 Å². The van der Waals surface area contributed by atoms with Gasteiger partial charge in [-0.2, -0.15) is 10.2 Å². The summed E-state index contributed by atoms with van der Waals surface area (Å²) in [6, 6.07) is 10.5. The van der Waals surface area contributed by atoms with Crippen molar-refractivity contribution in [3.63, 3.8) is 0 Å². The lowest BCUT2D eigenvalue weighted by molar-refractivity contribution is -0.146. The summed E-state index contributed by atoms with van der Waals surface area (Å²) in [5.41, 5.74) is 5.17. The quantitative estimate of drug-likeness (QED) is 0.111. The molecule has 1 fully saturated rings. The van der Waals surface area contributed by atoms with Gasteiger partial charge in [0.1, 0.15) is 41.9 Å². The number of hydrogen-bond donors (Lipinski definition) is 4. The Morgan fingerprint density at radius 3 is 2.65 bits per heavy atom. The van der Waals surface area contributed by atoms with Gasteiger partial charge in [0.2, 0.25) is 0 Å². The van der Waals surface area contributed by atoms with Gasteiger partial charge >= 0.3 is 13.7 Å². The Labute approximate surface area is 249 Å². The van der Waals surface area contributed by atoms with Gasteiger partial charge in [-0.15, -0.1) is 0 Å². The summed E-state index contributed by atoms with van der Waals surface area (Å²) < 4.78 is 38.5. The highest BCUT2D eigenvalue weighted by Crippen LogP contribution is 2.47. The van der Waals surface area contributed by atoms with Crippen molar-refractivity contribution < 1.29 is 38.1 Å². The summed E-state index contributed by atoms with van der Waals surface area (Å²) in [7, 11) is -4.28. The number of benzene rings is 1. The van der Waals surface area contributed by atoms with E-state index < -0.39 is 50.3 Å². The van der Waals surface area contributed by atoms with Crippen molar-refractivity contribution in [2.75, 3.05) is 25.5 Å². The van der Waals surface area contributed by atoms with E-state index in [-0.39, 0.29) is 30.6 Å². The van der Waals surface area contributed by atoms with Crippen LogP contribution in [0.3, 0.4) is 0 Å². The molecule has 5 N–H and O–H groups in total. The normalized spacial score (nSPS) is 24.1. The molecule has 0 saturated carbocycles. The van der Waals surface area contributed by atoms with Crippen molar-refractivity contribution in [3.8, 4) is 5.75 Å².